The van der Waals surface area contributed by atoms with Gasteiger partial charge in [0.2, 0.25) is 5.95 Å². The SMILES string of the molecule is COc1ccc(NC(=O)Nc2ccc(Nc3nc(C)cc(N4CCCCC4)n3)cc2)cc1. The number of ether oxygens (including phenoxy) is 1. The average Bonchev–Trinajstić information content (AvgIpc) is 2.81. The number of rotatable bonds is 6. The topological polar surface area (TPSA) is 91.4 Å². The Bertz CT molecular complexity index is 1050. The molecular formula is C24H28N6O2. The summed E-state index contributed by atoms with van der Waals surface area (Å²) in [5.74, 6) is 2.27. The van der Waals surface area contributed by atoms with Crippen LogP contribution in [0, 0.1) is 6.92 Å². The van der Waals surface area contributed by atoms with Crippen molar-refractivity contribution in [2.75, 3.05) is 41.0 Å². The summed E-state index contributed by atoms with van der Waals surface area (Å²) in [6, 6.07) is 16.3. The van der Waals surface area contributed by atoms with Crippen LogP contribution < -0.4 is 25.6 Å². The summed E-state index contributed by atoms with van der Waals surface area (Å²) >= 11 is 0. The number of piperidine rings is 1. The molecule has 8 heteroatoms. The zero-order chi connectivity index (χ0) is 22.3. The van der Waals surface area contributed by atoms with Crippen molar-refractivity contribution in [3.05, 3.63) is 60.3 Å². The lowest BCUT2D eigenvalue weighted by atomic mass is 10.1. The third-order valence-electron chi connectivity index (χ3n) is 5.27. The first-order valence-corrected chi connectivity index (χ1v) is 10.8. The molecule has 1 aromatic heterocycles. The molecule has 0 spiro atoms. The van der Waals surface area contributed by atoms with Gasteiger partial charge in [-0.2, -0.15) is 4.98 Å². The fraction of sp³-hybridized carbons (Fsp3) is 0.292. The largest absolute Gasteiger partial charge is 0.497 e. The van der Waals surface area contributed by atoms with E-state index >= 15 is 0 Å². The standard InChI is InChI=1S/C24H28N6O2/c1-17-16-22(30-14-4-3-5-15-30)29-23(25-17)26-18-6-8-19(9-7-18)27-24(31)28-20-10-12-21(32-2)13-11-20/h6-13,16H,3-5,14-15H2,1-2H3,(H,25,26,29)(H2,27,28,31). The first-order chi connectivity index (χ1) is 15.6. The summed E-state index contributed by atoms with van der Waals surface area (Å²) in [6.07, 6.45) is 3.68. The van der Waals surface area contributed by atoms with Gasteiger partial charge in [-0.05, 0) is 74.7 Å². The number of aryl methyl sites for hydroxylation is 1. The number of amides is 2. The van der Waals surface area contributed by atoms with Crippen molar-refractivity contribution >= 4 is 34.9 Å². The molecule has 0 atom stereocenters. The van der Waals surface area contributed by atoms with Crippen LogP contribution in [0.3, 0.4) is 0 Å². The highest BCUT2D eigenvalue weighted by Gasteiger charge is 2.14. The first-order valence-electron chi connectivity index (χ1n) is 10.8. The van der Waals surface area contributed by atoms with E-state index in [0.717, 1.165) is 36.0 Å². The molecule has 2 amide bonds. The number of aromatic nitrogens is 2. The smallest absolute Gasteiger partial charge is 0.323 e. The third-order valence-corrected chi connectivity index (χ3v) is 5.27. The summed E-state index contributed by atoms with van der Waals surface area (Å²) in [5, 5.41) is 8.88. The summed E-state index contributed by atoms with van der Waals surface area (Å²) in [4.78, 5) is 23.8. The van der Waals surface area contributed by atoms with Crippen molar-refractivity contribution in [2.45, 2.75) is 26.2 Å². The number of methoxy groups -OCH3 is 1. The van der Waals surface area contributed by atoms with Crippen LogP contribution in [0.2, 0.25) is 0 Å². The second-order valence-corrected chi connectivity index (χ2v) is 7.75. The average molecular weight is 433 g/mol. The summed E-state index contributed by atoms with van der Waals surface area (Å²) in [5.41, 5.74) is 3.14. The third kappa shape index (κ3) is 5.66. The Morgan fingerprint density at radius 1 is 0.875 bits per heavy atom. The number of carbonyl (C=O) groups is 1. The van der Waals surface area contributed by atoms with Crippen LogP contribution in [0.15, 0.2) is 54.6 Å². The van der Waals surface area contributed by atoms with Crippen LogP contribution in [0.1, 0.15) is 25.0 Å². The monoisotopic (exact) mass is 432 g/mol. The van der Waals surface area contributed by atoms with Gasteiger partial charge in [-0.25, -0.2) is 9.78 Å². The Balaban J connectivity index is 1.36. The highest BCUT2D eigenvalue weighted by molar-refractivity contribution is 5.99. The van der Waals surface area contributed by atoms with Crippen LogP contribution in [-0.2, 0) is 0 Å². The van der Waals surface area contributed by atoms with Gasteiger partial charge in [0.05, 0.1) is 7.11 Å². The Kier molecular flexibility index (Phi) is 6.69. The zero-order valence-electron chi connectivity index (χ0n) is 18.4. The molecule has 1 aliphatic heterocycles. The molecule has 1 fully saturated rings. The van der Waals surface area contributed by atoms with E-state index in [9.17, 15) is 4.79 Å². The second kappa shape index (κ2) is 10.00. The summed E-state index contributed by atoms with van der Waals surface area (Å²) < 4.78 is 5.12. The van der Waals surface area contributed by atoms with Gasteiger partial charge in [-0.1, -0.05) is 0 Å². The predicted molar refractivity (Wildman–Crippen MR) is 128 cm³/mol. The molecule has 32 heavy (non-hydrogen) atoms. The number of anilines is 5. The van der Waals surface area contributed by atoms with Crippen molar-refractivity contribution in [3.8, 4) is 5.75 Å². The quantitative estimate of drug-likeness (QED) is 0.498. The molecular weight excluding hydrogens is 404 g/mol. The van der Waals surface area contributed by atoms with E-state index in [-0.39, 0.29) is 6.03 Å². The van der Waals surface area contributed by atoms with Crippen LogP contribution >= 0.6 is 0 Å². The Morgan fingerprint density at radius 2 is 1.47 bits per heavy atom. The minimum Gasteiger partial charge on any atom is -0.497 e. The Labute approximate surface area is 188 Å². The Hall–Kier alpha value is -3.81. The highest BCUT2D eigenvalue weighted by Crippen LogP contribution is 2.22. The molecule has 0 radical (unpaired) electrons. The van der Waals surface area contributed by atoms with Gasteiger partial charge in [0.25, 0.3) is 0 Å². The molecule has 166 valence electrons. The zero-order valence-corrected chi connectivity index (χ0v) is 18.4. The highest BCUT2D eigenvalue weighted by atomic mass is 16.5. The number of carbonyl (C=O) groups excluding carboxylic acids is 1. The van der Waals surface area contributed by atoms with Gasteiger partial charge in [-0.3, -0.25) is 0 Å². The fourth-order valence-electron chi connectivity index (χ4n) is 3.63. The van der Waals surface area contributed by atoms with Gasteiger partial charge >= 0.3 is 6.03 Å². The first kappa shape index (κ1) is 21.4. The van der Waals surface area contributed by atoms with Crippen LogP contribution in [0.25, 0.3) is 0 Å². The maximum Gasteiger partial charge on any atom is 0.323 e. The molecule has 8 nitrogen and oxygen atoms in total. The maximum absolute atomic E-state index is 12.2. The number of urea groups is 1. The number of nitrogens with zero attached hydrogens (tertiary/aromatic N) is 3. The molecule has 0 bridgehead atoms. The lowest BCUT2D eigenvalue weighted by molar-refractivity contribution is 0.262. The molecule has 3 N–H and O–H groups in total. The Morgan fingerprint density at radius 3 is 2.09 bits per heavy atom. The minimum atomic E-state index is -0.316. The maximum atomic E-state index is 12.2. The van der Waals surface area contributed by atoms with Gasteiger partial charge in [0.15, 0.2) is 0 Å². The molecule has 0 unspecified atom stereocenters. The number of hydrogen-bond acceptors (Lipinski definition) is 6. The van der Waals surface area contributed by atoms with Gasteiger partial charge in [-0.15, -0.1) is 0 Å². The van der Waals surface area contributed by atoms with E-state index in [1.165, 1.54) is 19.3 Å². The number of benzene rings is 2. The van der Waals surface area contributed by atoms with E-state index in [1.807, 2.05) is 37.3 Å². The lowest BCUT2D eigenvalue weighted by Gasteiger charge is -2.28. The van der Waals surface area contributed by atoms with Crippen molar-refractivity contribution < 1.29 is 9.53 Å². The predicted octanol–water partition coefficient (Wildman–Crippen LogP) is 5.17. The molecule has 4 rings (SSSR count). The molecule has 2 aromatic carbocycles. The molecule has 0 aliphatic carbocycles. The van der Waals surface area contributed by atoms with Crippen molar-refractivity contribution in [1.29, 1.82) is 0 Å². The van der Waals surface area contributed by atoms with E-state index < -0.39 is 0 Å². The summed E-state index contributed by atoms with van der Waals surface area (Å²) in [7, 11) is 1.60. The summed E-state index contributed by atoms with van der Waals surface area (Å²) in [6.45, 7) is 4.05. The number of hydrogen-bond donors (Lipinski definition) is 3. The van der Waals surface area contributed by atoms with Gasteiger partial charge in [0, 0.05) is 41.9 Å². The van der Waals surface area contributed by atoms with Crippen molar-refractivity contribution in [2.24, 2.45) is 0 Å². The lowest BCUT2D eigenvalue weighted by Crippen LogP contribution is -2.30. The van der Waals surface area contributed by atoms with Crippen LogP contribution in [-0.4, -0.2) is 36.2 Å². The van der Waals surface area contributed by atoms with E-state index in [4.69, 9.17) is 9.72 Å². The molecule has 1 saturated heterocycles. The normalized spacial score (nSPS) is 13.4. The molecule has 2 heterocycles. The van der Waals surface area contributed by atoms with Crippen LogP contribution in [0.4, 0.5) is 33.6 Å². The molecule has 3 aromatic rings. The van der Waals surface area contributed by atoms with E-state index in [1.54, 1.807) is 31.4 Å². The molecule has 1 aliphatic rings. The number of nitrogens with one attached hydrogen (secondary N) is 3. The fourth-order valence-corrected chi connectivity index (χ4v) is 3.63. The van der Waals surface area contributed by atoms with Crippen molar-refractivity contribution in [1.82, 2.24) is 9.97 Å². The molecule has 0 saturated carbocycles. The van der Waals surface area contributed by atoms with Crippen LogP contribution in [0.5, 0.6) is 5.75 Å². The van der Waals surface area contributed by atoms with Gasteiger partial charge in [0.1, 0.15) is 11.6 Å². The van der Waals surface area contributed by atoms with E-state index in [0.29, 0.717) is 17.3 Å². The minimum absolute atomic E-state index is 0.316. The van der Waals surface area contributed by atoms with Gasteiger partial charge < -0.3 is 25.6 Å². The van der Waals surface area contributed by atoms with E-state index in [2.05, 4.69) is 25.8 Å². The second-order valence-electron chi connectivity index (χ2n) is 7.75. The van der Waals surface area contributed by atoms with Crippen molar-refractivity contribution in [3.63, 3.8) is 0 Å².